The summed E-state index contributed by atoms with van der Waals surface area (Å²) in [6.07, 6.45) is 2.00. The van der Waals surface area contributed by atoms with Gasteiger partial charge >= 0.3 is 5.97 Å². The number of carboxylic acid groups (broad SMARTS) is 1. The Kier molecular flexibility index (Phi) is 4.41. The normalized spacial score (nSPS) is 33.9. The SMILES string of the molecule is O=C(O)C1CCC(NS(=O)(=O)C2CCS(=O)(=O)C2)CC1. The van der Waals surface area contributed by atoms with E-state index in [-0.39, 0.29) is 24.0 Å². The molecule has 1 atom stereocenters. The molecule has 1 heterocycles. The summed E-state index contributed by atoms with van der Waals surface area (Å²) < 4.78 is 49.5. The van der Waals surface area contributed by atoms with Crippen molar-refractivity contribution < 1.29 is 26.7 Å². The Hall–Kier alpha value is -0.670. The summed E-state index contributed by atoms with van der Waals surface area (Å²) >= 11 is 0. The van der Waals surface area contributed by atoms with Crippen molar-refractivity contribution in [3.05, 3.63) is 0 Å². The average molecular weight is 325 g/mol. The molecule has 0 aromatic heterocycles. The Labute approximate surface area is 118 Å². The number of aliphatic carboxylic acids is 1. The van der Waals surface area contributed by atoms with Gasteiger partial charge in [-0.2, -0.15) is 0 Å². The van der Waals surface area contributed by atoms with Crippen LogP contribution in [-0.2, 0) is 24.7 Å². The number of nitrogens with one attached hydrogen (secondary N) is 1. The lowest BCUT2D eigenvalue weighted by Gasteiger charge is -2.27. The molecule has 0 aromatic rings. The highest BCUT2D eigenvalue weighted by molar-refractivity contribution is 7.95. The first-order chi connectivity index (χ1) is 9.20. The van der Waals surface area contributed by atoms with Crippen LogP contribution in [0.2, 0.25) is 0 Å². The molecule has 0 spiro atoms. The number of sulfone groups is 1. The van der Waals surface area contributed by atoms with Crippen molar-refractivity contribution in [1.29, 1.82) is 0 Å². The summed E-state index contributed by atoms with van der Waals surface area (Å²) in [5.74, 6) is -1.63. The van der Waals surface area contributed by atoms with Crippen molar-refractivity contribution in [1.82, 2.24) is 4.72 Å². The van der Waals surface area contributed by atoms with Gasteiger partial charge in [0.2, 0.25) is 10.0 Å². The molecular formula is C11H19NO6S2. The fraction of sp³-hybridized carbons (Fsp3) is 0.909. The predicted molar refractivity (Wildman–Crippen MR) is 72.5 cm³/mol. The molecule has 0 radical (unpaired) electrons. The molecule has 1 unspecified atom stereocenters. The van der Waals surface area contributed by atoms with Gasteiger partial charge in [-0.1, -0.05) is 0 Å². The van der Waals surface area contributed by atoms with Crippen LogP contribution in [0.15, 0.2) is 0 Å². The van der Waals surface area contributed by atoms with Crippen LogP contribution in [-0.4, -0.2) is 50.7 Å². The van der Waals surface area contributed by atoms with Crippen LogP contribution < -0.4 is 4.72 Å². The van der Waals surface area contributed by atoms with E-state index in [0.29, 0.717) is 25.7 Å². The number of rotatable bonds is 4. The minimum Gasteiger partial charge on any atom is -0.481 e. The Bertz CT molecular complexity index is 574. The van der Waals surface area contributed by atoms with E-state index < -0.39 is 37.0 Å². The molecule has 2 aliphatic rings. The molecule has 9 heteroatoms. The highest BCUT2D eigenvalue weighted by Crippen LogP contribution is 2.26. The minimum absolute atomic E-state index is 0.0790. The minimum atomic E-state index is -3.64. The maximum Gasteiger partial charge on any atom is 0.306 e. The fourth-order valence-electron chi connectivity index (χ4n) is 2.79. The maximum atomic E-state index is 12.1. The molecule has 7 nitrogen and oxygen atoms in total. The van der Waals surface area contributed by atoms with Crippen molar-refractivity contribution in [2.24, 2.45) is 5.92 Å². The van der Waals surface area contributed by atoms with Crippen LogP contribution in [0, 0.1) is 5.92 Å². The molecule has 0 bridgehead atoms. The van der Waals surface area contributed by atoms with E-state index in [1.165, 1.54) is 0 Å². The number of hydrogen-bond donors (Lipinski definition) is 2. The number of carbonyl (C=O) groups is 1. The van der Waals surface area contributed by atoms with Crippen LogP contribution in [0.1, 0.15) is 32.1 Å². The molecule has 2 fully saturated rings. The van der Waals surface area contributed by atoms with Gasteiger partial charge in [-0.15, -0.1) is 0 Å². The van der Waals surface area contributed by atoms with Crippen LogP contribution in [0.3, 0.4) is 0 Å². The van der Waals surface area contributed by atoms with Gasteiger partial charge in [0.15, 0.2) is 9.84 Å². The summed E-state index contributed by atoms with van der Waals surface area (Å²) in [5.41, 5.74) is 0. The lowest BCUT2D eigenvalue weighted by molar-refractivity contribution is -0.142. The third-order valence-corrected chi connectivity index (χ3v) is 7.96. The monoisotopic (exact) mass is 325 g/mol. The first kappa shape index (κ1) is 15.7. The Morgan fingerprint density at radius 1 is 1.10 bits per heavy atom. The lowest BCUT2D eigenvalue weighted by Crippen LogP contribution is -2.43. The van der Waals surface area contributed by atoms with Gasteiger partial charge in [0.05, 0.1) is 22.7 Å². The fourth-order valence-corrected chi connectivity index (χ4v) is 7.14. The molecule has 2 rings (SSSR count). The first-order valence-corrected chi connectivity index (χ1v) is 10.0. The molecule has 2 N–H and O–H groups in total. The summed E-state index contributed by atoms with van der Waals surface area (Å²) in [5, 5.41) is 8.01. The molecule has 1 aliphatic carbocycles. The maximum absolute atomic E-state index is 12.1. The zero-order chi connectivity index (χ0) is 15.0. The van der Waals surface area contributed by atoms with E-state index in [2.05, 4.69) is 4.72 Å². The van der Waals surface area contributed by atoms with E-state index in [9.17, 15) is 21.6 Å². The smallest absolute Gasteiger partial charge is 0.306 e. The van der Waals surface area contributed by atoms with Gasteiger partial charge in [-0.05, 0) is 32.1 Å². The van der Waals surface area contributed by atoms with E-state index >= 15 is 0 Å². The molecular weight excluding hydrogens is 306 g/mol. The average Bonchev–Trinajstić information content (AvgIpc) is 2.70. The zero-order valence-corrected chi connectivity index (χ0v) is 12.6. The molecule has 1 saturated carbocycles. The first-order valence-electron chi connectivity index (χ1n) is 6.64. The number of hydrogen-bond acceptors (Lipinski definition) is 5. The van der Waals surface area contributed by atoms with Gasteiger partial charge in [0.25, 0.3) is 0 Å². The molecule has 0 amide bonds. The molecule has 20 heavy (non-hydrogen) atoms. The largest absolute Gasteiger partial charge is 0.481 e. The summed E-state index contributed by atoms with van der Waals surface area (Å²) in [6.45, 7) is 0. The highest BCUT2D eigenvalue weighted by atomic mass is 32.2. The second kappa shape index (κ2) is 5.61. The second-order valence-electron chi connectivity index (χ2n) is 5.57. The Morgan fingerprint density at radius 3 is 2.15 bits per heavy atom. The molecule has 0 aromatic carbocycles. The topological polar surface area (TPSA) is 118 Å². The van der Waals surface area contributed by atoms with Crippen LogP contribution in [0.25, 0.3) is 0 Å². The lowest BCUT2D eigenvalue weighted by atomic mass is 9.87. The van der Waals surface area contributed by atoms with Crippen molar-refractivity contribution in [2.75, 3.05) is 11.5 Å². The van der Waals surface area contributed by atoms with Crippen LogP contribution in [0.4, 0.5) is 0 Å². The second-order valence-corrected chi connectivity index (χ2v) is 9.80. The predicted octanol–water partition coefficient (Wildman–Crippen LogP) is -0.264. The van der Waals surface area contributed by atoms with E-state index in [1.54, 1.807) is 0 Å². The van der Waals surface area contributed by atoms with Crippen molar-refractivity contribution in [3.63, 3.8) is 0 Å². The van der Waals surface area contributed by atoms with Gasteiger partial charge in [-0.25, -0.2) is 21.6 Å². The van der Waals surface area contributed by atoms with Gasteiger partial charge in [-0.3, -0.25) is 4.79 Å². The van der Waals surface area contributed by atoms with E-state index in [4.69, 9.17) is 5.11 Å². The van der Waals surface area contributed by atoms with E-state index in [0.717, 1.165) is 0 Å². The van der Waals surface area contributed by atoms with Gasteiger partial charge in [0, 0.05) is 6.04 Å². The standard InChI is InChI=1S/C11H19NO6S2/c13-11(14)8-1-3-9(4-2-8)12-20(17,18)10-5-6-19(15,16)7-10/h8-10,12H,1-7H2,(H,13,14). The van der Waals surface area contributed by atoms with Crippen molar-refractivity contribution >= 4 is 25.8 Å². The van der Waals surface area contributed by atoms with E-state index in [1.807, 2.05) is 0 Å². The van der Waals surface area contributed by atoms with Crippen LogP contribution >= 0.6 is 0 Å². The quantitative estimate of drug-likeness (QED) is 0.735. The van der Waals surface area contributed by atoms with Crippen molar-refractivity contribution in [2.45, 2.75) is 43.4 Å². The summed E-state index contributed by atoms with van der Waals surface area (Å²) in [4.78, 5) is 10.8. The van der Waals surface area contributed by atoms with Crippen molar-refractivity contribution in [3.8, 4) is 0 Å². The Balaban J connectivity index is 1.92. The molecule has 1 saturated heterocycles. The molecule has 1 aliphatic heterocycles. The Morgan fingerprint density at radius 2 is 1.70 bits per heavy atom. The highest BCUT2D eigenvalue weighted by Gasteiger charge is 2.38. The zero-order valence-electron chi connectivity index (χ0n) is 11.0. The number of sulfonamides is 1. The van der Waals surface area contributed by atoms with Gasteiger partial charge < -0.3 is 5.11 Å². The number of carboxylic acids is 1. The third-order valence-electron chi connectivity index (χ3n) is 4.04. The van der Waals surface area contributed by atoms with Crippen LogP contribution in [0.5, 0.6) is 0 Å². The summed E-state index contributed by atoms with van der Waals surface area (Å²) in [7, 11) is -6.88. The van der Waals surface area contributed by atoms with Gasteiger partial charge in [0.1, 0.15) is 0 Å². The summed E-state index contributed by atoms with van der Waals surface area (Å²) in [6, 6.07) is -0.279. The molecule has 116 valence electrons. The third kappa shape index (κ3) is 3.70.